The van der Waals surface area contributed by atoms with Crippen LogP contribution in [-0.4, -0.2) is 0 Å². The molecule has 2 heteroatoms. The topological polar surface area (TPSA) is 0 Å². The molecule has 0 unspecified atom stereocenters. The minimum atomic E-state index is -0.276. The third kappa shape index (κ3) is 4.33. The first-order valence-corrected chi connectivity index (χ1v) is 8.32. The molecule has 0 aromatic heterocycles. The fourth-order valence-electron chi connectivity index (χ4n) is 2.65. The number of benzene rings is 3. The molecule has 0 aliphatic carbocycles. The number of hydrogen-bond donors (Lipinski definition) is 0. The molecule has 25 heavy (non-hydrogen) atoms. The van der Waals surface area contributed by atoms with Crippen molar-refractivity contribution in [3.63, 3.8) is 0 Å². The molecule has 0 saturated heterocycles. The van der Waals surface area contributed by atoms with Crippen molar-refractivity contribution in [2.75, 3.05) is 0 Å². The Hall–Kier alpha value is -2.92. The van der Waals surface area contributed by atoms with Crippen molar-refractivity contribution >= 4 is 0 Å². The van der Waals surface area contributed by atoms with E-state index < -0.39 is 0 Å². The van der Waals surface area contributed by atoms with Gasteiger partial charge in [0.25, 0.3) is 0 Å². The number of halogens is 2. The highest BCUT2D eigenvalue weighted by molar-refractivity contribution is 5.65. The van der Waals surface area contributed by atoms with Crippen LogP contribution >= 0.6 is 0 Å². The van der Waals surface area contributed by atoms with Crippen molar-refractivity contribution in [2.45, 2.75) is 19.8 Å². The summed E-state index contributed by atoms with van der Waals surface area (Å²) in [5, 5.41) is 0. The van der Waals surface area contributed by atoms with Gasteiger partial charge in [-0.2, -0.15) is 0 Å². The van der Waals surface area contributed by atoms with Crippen molar-refractivity contribution in [2.24, 2.45) is 0 Å². The molecule has 0 N–H and O–H groups in total. The fraction of sp³-hybridized carbons (Fsp3) is 0.130. The molecular weight excluding hydrogens is 314 g/mol. The van der Waals surface area contributed by atoms with Gasteiger partial charge in [-0.25, -0.2) is 8.78 Å². The van der Waals surface area contributed by atoms with Gasteiger partial charge in [-0.05, 0) is 60.0 Å². The summed E-state index contributed by atoms with van der Waals surface area (Å²) < 4.78 is 27.2. The normalized spacial score (nSPS) is 10.2. The first-order chi connectivity index (χ1) is 12.2. The molecule has 0 heterocycles. The standard InChI is InChI=1S/C23H18F2/c1-2-3-19-10-15-22(23(25)16-19)20-11-6-17(7-12-20)4-5-18-8-13-21(24)14-9-18/h6-16H,2-3H2,1H3. The first kappa shape index (κ1) is 16.9. The minimum absolute atomic E-state index is 0.198. The lowest BCUT2D eigenvalue weighted by atomic mass is 10.0. The van der Waals surface area contributed by atoms with Gasteiger partial charge in [-0.15, -0.1) is 0 Å². The van der Waals surface area contributed by atoms with E-state index in [1.807, 2.05) is 36.4 Å². The Balaban J connectivity index is 1.80. The third-order valence-corrected chi connectivity index (χ3v) is 3.96. The van der Waals surface area contributed by atoms with Gasteiger partial charge in [0.05, 0.1) is 0 Å². The van der Waals surface area contributed by atoms with E-state index in [-0.39, 0.29) is 11.6 Å². The van der Waals surface area contributed by atoms with Crippen LogP contribution in [0, 0.1) is 23.5 Å². The summed E-state index contributed by atoms with van der Waals surface area (Å²) in [6.07, 6.45) is 1.88. The Labute approximate surface area is 147 Å². The third-order valence-electron chi connectivity index (χ3n) is 3.96. The smallest absolute Gasteiger partial charge is 0.131 e. The summed E-state index contributed by atoms with van der Waals surface area (Å²) in [6.45, 7) is 2.08. The molecule has 3 rings (SSSR count). The Morgan fingerprint density at radius 3 is 1.92 bits per heavy atom. The van der Waals surface area contributed by atoms with Crippen LogP contribution in [0.5, 0.6) is 0 Å². The molecule has 0 bridgehead atoms. The van der Waals surface area contributed by atoms with Gasteiger partial charge in [0.15, 0.2) is 0 Å². The predicted octanol–water partition coefficient (Wildman–Crippen LogP) is 5.98. The summed E-state index contributed by atoms with van der Waals surface area (Å²) in [4.78, 5) is 0. The largest absolute Gasteiger partial charge is 0.207 e. The van der Waals surface area contributed by atoms with Gasteiger partial charge in [0.2, 0.25) is 0 Å². The number of hydrogen-bond acceptors (Lipinski definition) is 0. The molecule has 0 radical (unpaired) electrons. The van der Waals surface area contributed by atoms with Gasteiger partial charge in [0, 0.05) is 16.7 Å². The van der Waals surface area contributed by atoms with Gasteiger partial charge < -0.3 is 0 Å². The van der Waals surface area contributed by atoms with E-state index in [0.717, 1.165) is 35.1 Å². The maximum Gasteiger partial charge on any atom is 0.131 e. The van der Waals surface area contributed by atoms with Crippen LogP contribution in [-0.2, 0) is 6.42 Å². The summed E-state index contributed by atoms with van der Waals surface area (Å²) in [6, 6.07) is 18.9. The van der Waals surface area contributed by atoms with Crippen molar-refractivity contribution in [3.8, 4) is 23.0 Å². The molecule has 124 valence electrons. The van der Waals surface area contributed by atoms with Crippen LogP contribution in [0.3, 0.4) is 0 Å². The molecule has 0 atom stereocenters. The predicted molar refractivity (Wildman–Crippen MR) is 98.2 cm³/mol. The van der Waals surface area contributed by atoms with Crippen LogP contribution in [0.25, 0.3) is 11.1 Å². The maximum absolute atomic E-state index is 14.3. The Morgan fingerprint density at radius 2 is 1.36 bits per heavy atom. The molecule has 3 aromatic carbocycles. The van der Waals surface area contributed by atoms with Gasteiger partial charge in [-0.3, -0.25) is 0 Å². The molecule has 0 nitrogen and oxygen atoms in total. The highest BCUT2D eigenvalue weighted by atomic mass is 19.1. The summed E-state index contributed by atoms with van der Waals surface area (Å²) in [5.41, 5.74) is 4.02. The van der Waals surface area contributed by atoms with Crippen LogP contribution in [0.4, 0.5) is 8.78 Å². The second-order valence-corrected chi connectivity index (χ2v) is 5.90. The maximum atomic E-state index is 14.3. The summed E-state index contributed by atoms with van der Waals surface area (Å²) in [5.74, 6) is 5.55. The van der Waals surface area contributed by atoms with Gasteiger partial charge in [0.1, 0.15) is 11.6 Å². The number of aryl methyl sites for hydroxylation is 1. The van der Waals surface area contributed by atoms with E-state index in [9.17, 15) is 8.78 Å². The highest BCUT2D eigenvalue weighted by Crippen LogP contribution is 2.24. The second-order valence-electron chi connectivity index (χ2n) is 5.90. The van der Waals surface area contributed by atoms with Crippen molar-refractivity contribution in [3.05, 3.63) is 95.1 Å². The van der Waals surface area contributed by atoms with E-state index >= 15 is 0 Å². The molecule has 0 aliphatic rings. The average Bonchev–Trinajstić information content (AvgIpc) is 2.62. The second kappa shape index (κ2) is 7.77. The Kier molecular flexibility index (Phi) is 5.26. The SMILES string of the molecule is CCCc1ccc(-c2ccc(C#Cc3ccc(F)cc3)cc2)c(F)c1. The monoisotopic (exact) mass is 332 g/mol. The lowest BCUT2D eigenvalue weighted by molar-refractivity contribution is 0.627. The molecule has 3 aromatic rings. The van der Waals surface area contributed by atoms with Gasteiger partial charge in [-0.1, -0.05) is 49.5 Å². The summed E-state index contributed by atoms with van der Waals surface area (Å²) >= 11 is 0. The zero-order chi connectivity index (χ0) is 17.6. The Morgan fingerprint density at radius 1 is 0.760 bits per heavy atom. The quantitative estimate of drug-likeness (QED) is 0.517. The highest BCUT2D eigenvalue weighted by Gasteiger charge is 2.06. The minimum Gasteiger partial charge on any atom is -0.207 e. The number of rotatable bonds is 3. The molecule has 0 amide bonds. The lowest BCUT2D eigenvalue weighted by Crippen LogP contribution is -1.89. The van der Waals surface area contributed by atoms with E-state index in [1.165, 1.54) is 12.1 Å². The first-order valence-electron chi connectivity index (χ1n) is 8.32. The zero-order valence-corrected chi connectivity index (χ0v) is 14.0. The molecule has 0 saturated carbocycles. The van der Waals surface area contributed by atoms with E-state index in [1.54, 1.807) is 18.2 Å². The molecular formula is C23H18F2. The lowest BCUT2D eigenvalue weighted by Gasteiger charge is -2.06. The van der Waals surface area contributed by atoms with Crippen molar-refractivity contribution in [1.82, 2.24) is 0 Å². The fourth-order valence-corrected chi connectivity index (χ4v) is 2.65. The van der Waals surface area contributed by atoms with E-state index in [4.69, 9.17) is 0 Å². The van der Waals surface area contributed by atoms with Gasteiger partial charge >= 0.3 is 0 Å². The van der Waals surface area contributed by atoms with E-state index in [0.29, 0.717) is 5.56 Å². The molecule has 0 aliphatic heterocycles. The van der Waals surface area contributed by atoms with Crippen molar-refractivity contribution in [1.29, 1.82) is 0 Å². The average molecular weight is 332 g/mol. The Bertz CT molecular complexity index is 911. The summed E-state index contributed by atoms with van der Waals surface area (Å²) in [7, 11) is 0. The zero-order valence-electron chi connectivity index (χ0n) is 14.0. The molecule has 0 spiro atoms. The molecule has 0 fully saturated rings. The van der Waals surface area contributed by atoms with Crippen LogP contribution in [0.15, 0.2) is 66.7 Å². The van der Waals surface area contributed by atoms with Crippen molar-refractivity contribution < 1.29 is 8.78 Å². The van der Waals surface area contributed by atoms with Crippen LogP contribution in [0.2, 0.25) is 0 Å². The van der Waals surface area contributed by atoms with Crippen LogP contribution < -0.4 is 0 Å². The van der Waals surface area contributed by atoms with E-state index in [2.05, 4.69) is 18.8 Å². The van der Waals surface area contributed by atoms with Crippen LogP contribution in [0.1, 0.15) is 30.0 Å².